The molecule has 24 heteroatoms. The Morgan fingerprint density at radius 1 is 0.500 bits per heavy atom. The first-order valence-corrected chi connectivity index (χ1v) is 26.9. The normalized spacial score (nSPS) is 58.6. The smallest absolute Gasteiger partial charge is 0.187 e. The molecule has 0 bridgehead atoms. The van der Waals surface area contributed by atoms with Gasteiger partial charge in [0.1, 0.15) is 91.6 Å². The highest BCUT2D eigenvalue weighted by atomic mass is 16.8. The molecular weight excluding hydrogens is 985 g/mol. The molecule has 10 aliphatic rings. The first kappa shape index (κ1) is 56.3. The molecule has 14 N–H and O–H groups in total. The van der Waals surface area contributed by atoms with E-state index in [1.807, 2.05) is 0 Å². The lowest BCUT2D eigenvalue weighted by Crippen LogP contribution is -2.68. The molecule has 6 heterocycles. The molecule has 4 aliphatic carbocycles. The fourth-order valence-corrected chi connectivity index (χ4v) is 16.0. The van der Waals surface area contributed by atoms with Gasteiger partial charge in [0.25, 0.3) is 0 Å². The predicted molar refractivity (Wildman–Crippen MR) is 245 cm³/mol. The van der Waals surface area contributed by atoms with Crippen LogP contribution in [0.3, 0.4) is 0 Å². The molecule has 426 valence electrons. The quantitative estimate of drug-likeness (QED) is 0.0870. The highest BCUT2D eigenvalue weighted by Gasteiger charge is 2.70. The Morgan fingerprint density at radius 3 is 1.81 bits per heavy atom. The lowest BCUT2D eigenvalue weighted by molar-refractivity contribution is -0.404. The third-order valence-corrected chi connectivity index (χ3v) is 20.0. The van der Waals surface area contributed by atoms with E-state index in [4.69, 9.17) is 47.4 Å². The Hall–Kier alpha value is -0.960. The standard InChI is InChI=1S/C50H82O24/c1-18-5-8-50(66-16-18)19(2)32-28(74-50)10-22-20-9-24(54)23-11-27(25(55)12-49(23,4)21(20)6-7-48(22,32)3)67-45-40(64)37(61)41(31(15-53)70-45)71-47-43(73-46-39(63)36(60)34(58)29(13-51)68-46)42(35(59)30(14-52)69-47)72-44-38(62)33(57)26(56)17-65-44/h18-47,51-64H,5-17H2,1-4H3/t18-,19+,20-,21+,22-,23-,24+,25-,26-,27-,28+,29+,30+,31-,32+,33+,34+,35+,36-,37-,38-,39+,40-,41-,42+,43-,44+,45-,46-,47-,48+,49-,50-/m1/s1. The maximum atomic E-state index is 12.1. The number of aliphatic hydroxyl groups is 14. The second-order valence-corrected chi connectivity index (χ2v) is 24.2. The van der Waals surface area contributed by atoms with Crippen molar-refractivity contribution in [2.75, 3.05) is 33.0 Å². The van der Waals surface area contributed by atoms with E-state index in [0.29, 0.717) is 30.8 Å². The average Bonchev–Trinajstić information content (AvgIpc) is 3.82. The maximum Gasteiger partial charge on any atom is 0.187 e. The number of aliphatic hydroxyl groups excluding tert-OH is 14. The summed E-state index contributed by atoms with van der Waals surface area (Å²) in [5, 5.41) is 153. The van der Waals surface area contributed by atoms with Crippen LogP contribution in [0.5, 0.6) is 0 Å². The molecule has 0 unspecified atom stereocenters. The molecule has 0 amide bonds. The van der Waals surface area contributed by atoms with Crippen LogP contribution >= 0.6 is 0 Å². The Labute approximate surface area is 429 Å². The first-order valence-electron chi connectivity index (χ1n) is 26.9. The van der Waals surface area contributed by atoms with Gasteiger partial charge in [-0.3, -0.25) is 0 Å². The van der Waals surface area contributed by atoms with Gasteiger partial charge in [-0.25, -0.2) is 0 Å². The number of rotatable bonds is 11. The van der Waals surface area contributed by atoms with E-state index < -0.39 is 173 Å². The monoisotopic (exact) mass is 1070 g/mol. The van der Waals surface area contributed by atoms with Crippen molar-refractivity contribution in [1.82, 2.24) is 0 Å². The molecule has 24 nitrogen and oxygen atoms in total. The third-order valence-electron chi connectivity index (χ3n) is 20.0. The second-order valence-electron chi connectivity index (χ2n) is 24.2. The highest BCUT2D eigenvalue weighted by Crippen LogP contribution is 2.71. The molecule has 10 rings (SSSR count). The zero-order valence-corrected chi connectivity index (χ0v) is 42.4. The van der Waals surface area contributed by atoms with E-state index in [2.05, 4.69) is 27.7 Å². The summed E-state index contributed by atoms with van der Waals surface area (Å²) in [7, 11) is 0. The van der Waals surface area contributed by atoms with Crippen molar-refractivity contribution in [3.63, 3.8) is 0 Å². The van der Waals surface area contributed by atoms with E-state index in [1.54, 1.807) is 0 Å². The second kappa shape index (κ2) is 21.5. The van der Waals surface area contributed by atoms with Crippen molar-refractivity contribution < 1.29 is 119 Å². The summed E-state index contributed by atoms with van der Waals surface area (Å²) in [5.74, 6) is 0.989. The van der Waals surface area contributed by atoms with E-state index in [9.17, 15) is 71.5 Å². The molecule has 6 aliphatic heterocycles. The van der Waals surface area contributed by atoms with Crippen molar-refractivity contribution in [3.8, 4) is 0 Å². The summed E-state index contributed by atoms with van der Waals surface area (Å²) in [5.41, 5.74) is -0.460. The maximum absolute atomic E-state index is 12.1. The van der Waals surface area contributed by atoms with Crippen molar-refractivity contribution in [2.24, 2.45) is 52.3 Å². The largest absolute Gasteiger partial charge is 0.394 e. The lowest BCUT2D eigenvalue weighted by atomic mass is 9.43. The van der Waals surface area contributed by atoms with Crippen molar-refractivity contribution in [1.29, 1.82) is 0 Å². The minimum Gasteiger partial charge on any atom is -0.394 e. The SMILES string of the molecule is C[C@@H]1CC[C@@]2(OC1)O[C@H]1C[C@@H]3[C@@H]4C[C@H](O)[C@H]5C[C@@H](O[C@@H]6O[C@H](CO)[C@@H](O[C@H]7O[C@@H](CO)[C@H](O)[C@H](O[C@@H]8OC[C@@H](O)[C@H](O)[C@H]8O)[C@H]7O[C@H]7O[C@@H](CO)[C@H](O)[C@@H](O)[C@@H]7O)[C@H](O)[C@H]6O)[C@H](O)C[C@]5(C)[C@H]4CC[C@]3(C)[C@H]1[C@@H]2C. The van der Waals surface area contributed by atoms with Crippen molar-refractivity contribution in [3.05, 3.63) is 0 Å². The molecule has 0 aromatic rings. The van der Waals surface area contributed by atoms with Gasteiger partial charge in [0.05, 0.1) is 57.5 Å². The molecule has 0 radical (unpaired) electrons. The minimum atomic E-state index is -2.04. The molecule has 33 atom stereocenters. The summed E-state index contributed by atoms with van der Waals surface area (Å²) < 4.78 is 60.9. The van der Waals surface area contributed by atoms with E-state index in [-0.39, 0.29) is 48.0 Å². The van der Waals surface area contributed by atoms with Gasteiger partial charge in [-0.1, -0.05) is 27.7 Å². The Bertz CT molecular complexity index is 1900. The zero-order chi connectivity index (χ0) is 53.1. The van der Waals surface area contributed by atoms with Crippen LogP contribution in [0, 0.1) is 52.3 Å². The Balaban J connectivity index is 0.834. The number of hydrogen-bond acceptors (Lipinski definition) is 24. The van der Waals surface area contributed by atoms with Crippen LogP contribution in [0.15, 0.2) is 0 Å². The van der Waals surface area contributed by atoms with Crippen LogP contribution in [0.2, 0.25) is 0 Å². The first-order chi connectivity index (χ1) is 35.1. The number of fused-ring (bicyclic) bond motifs is 7. The molecule has 6 saturated heterocycles. The van der Waals surface area contributed by atoms with Crippen LogP contribution in [-0.4, -0.2) is 251 Å². The Morgan fingerprint density at radius 2 is 1.12 bits per heavy atom. The topological polar surface area (TPSA) is 376 Å². The average molecular weight is 1070 g/mol. The third kappa shape index (κ3) is 9.45. The fourth-order valence-electron chi connectivity index (χ4n) is 16.0. The summed E-state index contributed by atoms with van der Waals surface area (Å²) in [6.07, 6.45) is -31.1. The summed E-state index contributed by atoms with van der Waals surface area (Å²) in [6.45, 7) is 6.60. The van der Waals surface area contributed by atoms with E-state index >= 15 is 0 Å². The van der Waals surface area contributed by atoms with Gasteiger partial charge in [0.2, 0.25) is 0 Å². The van der Waals surface area contributed by atoms with Crippen molar-refractivity contribution in [2.45, 2.75) is 226 Å². The predicted octanol–water partition coefficient (Wildman–Crippen LogP) is -4.33. The van der Waals surface area contributed by atoms with Gasteiger partial charge < -0.3 is 119 Å². The summed E-state index contributed by atoms with van der Waals surface area (Å²) in [6, 6.07) is 0. The molecular formula is C50H82O24. The molecule has 0 aromatic carbocycles. The van der Waals surface area contributed by atoms with Crippen LogP contribution in [-0.2, 0) is 47.4 Å². The highest BCUT2D eigenvalue weighted by molar-refractivity contribution is 5.17. The number of ether oxygens (including phenoxy) is 10. The fraction of sp³-hybridized carbons (Fsp3) is 1.00. The van der Waals surface area contributed by atoms with Gasteiger partial charge in [-0.15, -0.1) is 0 Å². The van der Waals surface area contributed by atoms with Crippen molar-refractivity contribution >= 4 is 0 Å². The van der Waals surface area contributed by atoms with Gasteiger partial charge >= 0.3 is 0 Å². The molecule has 10 fully saturated rings. The number of hydrogen-bond donors (Lipinski definition) is 14. The van der Waals surface area contributed by atoms with Crippen LogP contribution in [0.4, 0.5) is 0 Å². The van der Waals surface area contributed by atoms with Gasteiger partial charge in [0, 0.05) is 12.3 Å². The van der Waals surface area contributed by atoms with Gasteiger partial charge in [-0.05, 0) is 91.3 Å². The van der Waals surface area contributed by atoms with E-state index in [1.165, 1.54) is 0 Å². The zero-order valence-electron chi connectivity index (χ0n) is 42.4. The van der Waals surface area contributed by atoms with Gasteiger partial charge in [0.15, 0.2) is 30.9 Å². The molecule has 74 heavy (non-hydrogen) atoms. The van der Waals surface area contributed by atoms with Crippen LogP contribution in [0.25, 0.3) is 0 Å². The Kier molecular flexibility index (Phi) is 16.4. The molecule has 1 spiro atoms. The molecule has 4 saturated carbocycles. The van der Waals surface area contributed by atoms with Gasteiger partial charge in [-0.2, -0.15) is 0 Å². The van der Waals surface area contributed by atoms with E-state index in [0.717, 1.165) is 32.1 Å². The molecule has 0 aromatic heterocycles. The lowest BCUT2D eigenvalue weighted by Gasteiger charge is -2.63. The van der Waals surface area contributed by atoms with Crippen LogP contribution < -0.4 is 0 Å². The summed E-state index contributed by atoms with van der Waals surface area (Å²) in [4.78, 5) is 0. The minimum absolute atomic E-state index is 0.00497. The summed E-state index contributed by atoms with van der Waals surface area (Å²) >= 11 is 0. The van der Waals surface area contributed by atoms with Crippen LogP contribution in [0.1, 0.15) is 79.1 Å².